The van der Waals surface area contributed by atoms with Crippen LogP contribution in [-0.2, 0) is 14.3 Å². The standard InChI is InChI=1S/C14H24F3NO3/c1-10-9-11(20-8-4-7-14(15,16)17)5-3-6-12(18-2)13(19)21-10/h10-12,18H,3-9H2,1-2H3/t10?,11?,12-/m0/s1. The fraction of sp³-hybridized carbons (Fsp3) is 0.929. The SMILES string of the molecule is CN[C@H]1CCCC(OCCCC(F)(F)F)CC(C)OC1=O. The maximum atomic E-state index is 12.1. The first-order valence-corrected chi connectivity index (χ1v) is 7.38. The largest absolute Gasteiger partial charge is 0.461 e. The molecule has 0 aromatic rings. The highest BCUT2D eigenvalue weighted by Gasteiger charge is 2.27. The van der Waals surface area contributed by atoms with E-state index in [-0.39, 0.29) is 37.2 Å². The maximum Gasteiger partial charge on any atom is 0.389 e. The van der Waals surface area contributed by atoms with Crippen LogP contribution in [0.1, 0.15) is 45.4 Å². The van der Waals surface area contributed by atoms with E-state index in [1.54, 1.807) is 14.0 Å². The normalized spacial score (nSPS) is 28.4. The number of ether oxygens (including phenoxy) is 2. The van der Waals surface area contributed by atoms with Gasteiger partial charge in [0.25, 0.3) is 0 Å². The molecule has 1 aliphatic rings. The molecule has 0 bridgehead atoms. The molecular weight excluding hydrogens is 287 g/mol. The van der Waals surface area contributed by atoms with Crippen molar-refractivity contribution in [2.45, 2.75) is 69.9 Å². The van der Waals surface area contributed by atoms with Crippen molar-refractivity contribution < 1.29 is 27.4 Å². The average molecular weight is 311 g/mol. The van der Waals surface area contributed by atoms with Crippen molar-refractivity contribution in [3.05, 3.63) is 0 Å². The predicted molar refractivity (Wildman–Crippen MR) is 71.9 cm³/mol. The second kappa shape index (κ2) is 8.58. The van der Waals surface area contributed by atoms with Gasteiger partial charge in [-0.3, -0.25) is 4.79 Å². The number of cyclic esters (lactones) is 1. The van der Waals surface area contributed by atoms with Crippen molar-refractivity contribution in [3.8, 4) is 0 Å². The van der Waals surface area contributed by atoms with E-state index in [0.717, 1.165) is 12.8 Å². The third-order valence-electron chi connectivity index (χ3n) is 3.52. The highest BCUT2D eigenvalue weighted by atomic mass is 19.4. The molecule has 2 unspecified atom stereocenters. The summed E-state index contributed by atoms with van der Waals surface area (Å²) in [5.41, 5.74) is 0. The average Bonchev–Trinajstić information content (AvgIpc) is 2.43. The smallest absolute Gasteiger partial charge is 0.389 e. The van der Waals surface area contributed by atoms with Crippen LogP contribution >= 0.6 is 0 Å². The first-order valence-electron chi connectivity index (χ1n) is 7.38. The Labute approximate surface area is 123 Å². The summed E-state index contributed by atoms with van der Waals surface area (Å²) < 4.78 is 47.0. The Kier molecular flexibility index (Phi) is 7.45. The second-order valence-corrected chi connectivity index (χ2v) is 5.47. The third kappa shape index (κ3) is 7.66. The van der Waals surface area contributed by atoms with Gasteiger partial charge in [0.05, 0.1) is 6.10 Å². The van der Waals surface area contributed by atoms with Crippen LogP contribution in [0.5, 0.6) is 0 Å². The van der Waals surface area contributed by atoms with Crippen LogP contribution < -0.4 is 5.32 Å². The molecule has 1 fully saturated rings. The molecule has 7 heteroatoms. The Morgan fingerprint density at radius 1 is 1.38 bits per heavy atom. The van der Waals surface area contributed by atoms with Crippen LogP contribution in [0.15, 0.2) is 0 Å². The number of rotatable bonds is 5. The fourth-order valence-corrected chi connectivity index (χ4v) is 2.42. The molecule has 0 amide bonds. The minimum atomic E-state index is -4.13. The molecule has 0 spiro atoms. The molecule has 1 rings (SSSR count). The highest BCUT2D eigenvalue weighted by Crippen LogP contribution is 2.22. The van der Waals surface area contributed by atoms with Gasteiger partial charge < -0.3 is 14.8 Å². The predicted octanol–water partition coefficient (Wildman–Crippen LogP) is 2.81. The molecule has 3 atom stereocenters. The molecule has 1 N–H and O–H groups in total. The zero-order valence-electron chi connectivity index (χ0n) is 12.5. The van der Waals surface area contributed by atoms with Crippen LogP contribution in [0.25, 0.3) is 0 Å². The number of halogens is 3. The van der Waals surface area contributed by atoms with Gasteiger partial charge in [0, 0.05) is 19.4 Å². The number of hydrogen-bond donors (Lipinski definition) is 1. The van der Waals surface area contributed by atoms with Crippen molar-refractivity contribution in [2.75, 3.05) is 13.7 Å². The Bertz CT molecular complexity index is 323. The minimum Gasteiger partial charge on any atom is -0.461 e. The Hall–Kier alpha value is -0.820. The summed E-state index contributed by atoms with van der Waals surface area (Å²) in [6.45, 7) is 1.86. The monoisotopic (exact) mass is 311 g/mol. The van der Waals surface area contributed by atoms with E-state index in [1.807, 2.05) is 0 Å². The summed E-state index contributed by atoms with van der Waals surface area (Å²) in [7, 11) is 1.71. The van der Waals surface area contributed by atoms with Crippen LogP contribution in [0.3, 0.4) is 0 Å². The lowest BCUT2D eigenvalue weighted by Crippen LogP contribution is -2.36. The maximum absolute atomic E-state index is 12.1. The summed E-state index contributed by atoms with van der Waals surface area (Å²) in [6, 6.07) is -0.323. The summed E-state index contributed by atoms with van der Waals surface area (Å²) >= 11 is 0. The molecular formula is C14H24F3NO3. The van der Waals surface area contributed by atoms with E-state index in [4.69, 9.17) is 9.47 Å². The van der Waals surface area contributed by atoms with E-state index in [1.165, 1.54) is 0 Å². The van der Waals surface area contributed by atoms with Crippen molar-refractivity contribution >= 4 is 5.97 Å². The molecule has 0 aromatic heterocycles. The number of alkyl halides is 3. The Morgan fingerprint density at radius 2 is 2.10 bits per heavy atom. The number of likely N-dealkylation sites (N-methyl/N-ethyl adjacent to an activating group) is 1. The zero-order valence-corrected chi connectivity index (χ0v) is 12.5. The van der Waals surface area contributed by atoms with Crippen LogP contribution in [0.4, 0.5) is 13.2 Å². The molecule has 4 nitrogen and oxygen atoms in total. The third-order valence-corrected chi connectivity index (χ3v) is 3.52. The van der Waals surface area contributed by atoms with E-state index in [2.05, 4.69) is 5.32 Å². The lowest BCUT2D eigenvalue weighted by Gasteiger charge is -2.20. The van der Waals surface area contributed by atoms with E-state index in [9.17, 15) is 18.0 Å². The van der Waals surface area contributed by atoms with Crippen molar-refractivity contribution in [2.24, 2.45) is 0 Å². The van der Waals surface area contributed by atoms with Gasteiger partial charge in [-0.15, -0.1) is 0 Å². The van der Waals surface area contributed by atoms with Gasteiger partial charge in [0.2, 0.25) is 0 Å². The lowest BCUT2D eigenvalue weighted by molar-refractivity contribution is -0.152. The van der Waals surface area contributed by atoms with Gasteiger partial charge in [-0.05, 0) is 39.7 Å². The minimum absolute atomic E-state index is 0.0344. The lowest BCUT2D eigenvalue weighted by atomic mass is 10.0. The zero-order chi connectivity index (χ0) is 15.9. The van der Waals surface area contributed by atoms with Gasteiger partial charge in [-0.1, -0.05) is 0 Å². The second-order valence-electron chi connectivity index (χ2n) is 5.47. The van der Waals surface area contributed by atoms with E-state index in [0.29, 0.717) is 12.8 Å². The van der Waals surface area contributed by atoms with Gasteiger partial charge in [0.1, 0.15) is 12.1 Å². The molecule has 124 valence electrons. The van der Waals surface area contributed by atoms with Crippen molar-refractivity contribution in [1.82, 2.24) is 5.32 Å². The van der Waals surface area contributed by atoms with Crippen molar-refractivity contribution in [3.63, 3.8) is 0 Å². The fourth-order valence-electron chi connectivity index (χ4n) is 2.42. The first kappa shape index (κ1) is 18.2. The number of esters is 1. The van der Waals surface area contributed by atoms with Crippen LogP contribution in [0.2, 0.25) is 0 Å². The van der Waals surface area contributed by atoms with Gasteiger partial charge in [-0.25, -0.2) is 0 Å². The highest BCUT2D eigenvalue weighted by molar-refractivity contribution is 5.75. The molecule has 0 saturated carbocycles. The molecule has 1 aliphatic heterocycles. The van der Waals surface area contributed by atoms with Crippen LogP contribution in [-0.4, -0.2) is 44.0 Å². The summed E-state index contributed by atoms with van der Waals surface area (Å²) in [5.74, 6) is -0.275. The number of carbonyl (C=O) groups excluding carboxylic acids is 1. The molecule has 1 saturated heterocycles. The van der Waals surface area contributed by atoms with E-state index < -0.39 is 12.6 Å². The number of carbonyl (C=O) groups is 1. The van der Waals surface area contributed by atoms with Gasteiger partial charge in [0.15, 0.2) is 0 Å². The molecule has 21 heavy (non-hydrogen) atoms. The van der Waals surface area contributed by atoms with Crippen molar-refractivity contribution in [1.29, 1.82) is 0 Å². The summed E-state index contributed by atoms with van der Waals surface area (Å²) in [5, 5.41) is 2.91. The van der Waals surface area contributed by atoms with Crippen LogP contribution in [0, 0.1) is 0 Å². The molecule has 0 aliphatic carbocycles. The number of hydrogen-bond acceptors (Lipinski definition) is 4. The summed E-state index contributed by atoms with van der Waals surface area (Å²) in [6.07, 6.45) is -2.78. The Morgan fingerprint density at radius 3 is 2.71 bits per heavy atom. The summed E-state index contributed by atoms with van der Waals surface area (Å²) in [4.78, 5) is 11.8. The molecule has 0 aromatic carbocycles. The van der Waals surface area contributed by atoms with Gasteiger partial charge in [-0.2, -0.15) is 13.2 Å². The van der Waals surface area contributed by atoms with E-state index >= 15 is 0 Å². The first-order chi connectivity index (χ1) is 9.81. The quantitative estimate of drug-likeness (QED) is 0.626. The molecule has 1 heterocycles. The topological polar surface area (TPSA) is 47.6 Å². The van der Waals surface area contributed by atoms with Gasteiger partial charge >= 0.3 is 12.1 Å². The Balaban J connectivity index is 2.39. The number of nitrogens with one attached hydrogen (secondary N) is 1. The molecule has 0 radical (unpaired) electrons.